The third-order valence-corrected chi connectivity index (χ3v) is 13.3. The molecule has 0 heterocycles. The molecular weight excluding hydrogens is 765 g/mol. The number of rotatable bonds is 12. The first-order valence-corrected chi connectivity index (χ1v) is 21.5. The molecule has 4 N–H and O–H groups in total. The number of hydrogen-bond donors (Lipinski definition) is 3. The van der Waals surface area contributed by atoms with Crippen molar-refractivity contribution in [2.75, 3.05) is 0 Å². The number of amides is 2. The van der Waals surface area contributed by atoms with Crippen LogP contribution in [0.1, 0.15) is 77.6 Å². The van der Waals surface area contributed by atoms with E-state index in [0.717, 1.165) is 28.0 Å². The Kier molecular flexibility index (Phi) is 11.0. The summed E-state index contributed by atoms with van der Waals surface area (Å²) < 4.78 is 0. The number of hydrogen-bond acceptors (Lipinski definition) is 4. The fourth-order valence-corrected chi connectivity index (χ4v) is 10.2. The zero-order chi connectivity index (χ0) is 42.7. The molecule has 0 aromatic heterocycles. The summed E-state index contributed by atoms with van der Waals surface area (Å²) in [7, 11) is 0. The molecule has 6 nitrogen and oxygen atoms in total. The molecule has 308 valence electrons. The van der Waals surface area contributed by atoms with Gasteiger partial charge in [-0.25, -0.2) is 0 Å². The lowest BCUT2D eigenvalue weighted by Gasteiger charge is -2.54. The lowest BCUT2D eigenvalue weighted by molar-refractivity contribution is -0.170. The fourth-order valence-electron chi connectivity index (χ4n) is 10.2. The van der Waals surface area contributed by atoms with Crippen molar-refractivity contribution >= 4 is 33.4 Å². The van der Waals surface area contributed by atoms with E-state index in [0.29, 0.717) is 46.2 Å². The van der Waals surface area contributed by atoms with Gasteiger partial charge in [-0.1, -0.05) is 226 Å². The first kappa shape index (κ1) is 40.5. The molecule has 6 heteroatoms. The Bertz CT molecular complexity index is 2560. The van der Waals surface area contributed by atoms with E-state index < -0.39 is 40.5 Å². The van der Waals surface area contributed by atoms with Gasteiger partial charge in [0.05, 0.1) is 12.1 Å². The smallest absolute Gasteiger partial charge is 0.239 e. The molecule has 0 aliphatic heterocycles. The number of carbonyl (C=O) groups is 2. The van der Waals surface area contributed by atoms with Crippen LogP contribution in [0.4, 0.5) is 0 Å². The molecule has 0 radical (unpaired) electrons. The summed E-state index contributed by atoms with van der Waals surface area (Å²) >= 11 is 0. The van der Waals surface area contributed by atoms with Crippen LogP contribution in [-0.4, -0.2) is 26.9 Å². The van der Waals surface area contributed by atoms with Crippen molar-refractivity contribution in [3.63, 3.8) is 0 Å². The van der Waals surface area contributed by atoms with Crippen LogP contribution in [0.2, 0.25) is 0 Å². The number of nitrogens with two attached hydrogens (primary N) is 1. The van der Waals surface area contributed by atoms with Gasteiger partial charge < -0.3 is 20.8 Å². The molecule has 2 atom stereocenters. The topological polar surface area (TPSA) is 104 Å². The molecule has 1 aliphatic rings. The minimum atomic E-state index is -1.99. The highest BCUT2D eigenvalue weighted by atomic mass is 16.3. The van der Waals surface area contributed by atoms with Crippen LogP contribution in [0.15, 0.2) is 206 Å². The van der Waals surface area contributed by atoms with E-state index in [9.17, 15) is 15.0 Å². The van der Waals surface area contributed by atoms with Crippen molar-refractivity contribution in [1.29, 1.82) is 0 Å². The van der Waals surface area contributed by atoms with E-state index in [1.165, 1.54) is 0 Å². The van der Waals surface area contributed by atoms with Crippen molar-refractivity contribution in [3.8, 4) is 0 Å². The second-order valence-corrected chi connectivity index (χ2v) is 16.7. The second-order valence-electron chi connectivity index (χ2n) is 16.7. The highest BCUT2D eigenvalue weighted by molar-refractivity contribution is 6.05. The Morgan fingerprint density at radius 3 is 1.13 bits per heavy atom. The van der Waals surface area contributed by atoms with Gasteiger partial charge in [0.1, 0.15) is 16.6 Å². The van der Waals surface area contributed by atoms with E-state index in [1.807, 2.05) is 206 Å². The Morgan fingerprint density at radius 2 is 0.774 bits per heavy atom. The van der Waals surface area contributed by atoms with E-state index in [2.05, 4.69) is 0 Å². The minimum Gasteiger partial charge on any atom is -0.378 e. The van der Waals surface area contributed by atoms with Crippen LogP contribution < -0.4 is 5.73 Å². The molecule has 8 aromatic carbocycles. The molecule has 1 aliphatic carbocycles. The summed E-state index contributed by atoms with van der Waals surface area (Å²) in [6.07, 6.45) is 2.53. The van der Waals surface area contributed by atoms with E-state index in [4.69, 9.17) is 5.73 Å². The largest absolute Gasteiger partial charge is 0.378 e. The average Bonchev–Trinajstić information content (AvgIpc) is 3.34. The number of fused-ring (bicyclic) bond motifs is 2. The first-order chi connectivity index (χ1) is 30.3. The van der Waals surface area contributed by atoms with Gasteiger partial charge in [0, 0.05) is 0 Å². The molecular formula is C56H50N2O4. The van der Waals surface area contributed by atoms with Gasteiger partial charge in [-0.05, 0) is 67.8 Å². The highest BCUT2D eigenvalue weighted by Crippen LogP contribution is 2.57. The zero-order valence-electron chi connectivity index (χ0n) is 34.6. The Labute approximate surface area is 362 Å². The lowest BCUT2D eigenvalue weighted by Crippen LogP contribution is -2.60. The maximum absolute atomic E-state index is 17.0. The SMILES string of the molecule is NC(=O)C1(C(=O)N([C@@H](c2cccc3ccccc23)C(O)(c2ccccc2)c2ccccc2)[C@@H](c2cccc3ccccc23)C(O)(c2ccccc2)c2ccccc2)CCCCC1. The molecule has 0 saturated heterocycles. The first-order valence-electron chi connectivity index (χ1n) is 21.5. The van der Waals surface area contributed by atoms with Crippen molar-refractivity contribution in [3.05, 3.63) is 240 Å². The number of aliphatic hydroxyl groups is 2. The second kappa shape index (κ2) is 16.9. The third kappa shape index (κ3) is 6.86. The summed E-state index contributed by atoms with van der Waals surface area (Å²) in [4.78, 5) is 33.1. The number of nitrogens with zero attached hydrogens (tertiary/aromatic N) is 1. The van der Waals surface area contributed by atoms with Crippen molar-refractivity contribution < 1.29 is 19.8 Å². The van der Waals surface area contributed by atoms with Crippen LogP contribution >= 0.6 is 0 Å². The van der Waals surface area contributed by atoms with E-state index >= 15 is 4.79 Å². The summed E-state index contributed by atoms with van der Waals surface area (Å²) in [5, 5.41) is 32.4. The molecule has 0 spiro atoms. The van der Waals surface area contributed by atoms with Gasteiger partial charge in [0.2, 0.25) is 11.8 Å². The van der Waals surface area contributed by atoms with Crippen LogP contribution in [0.25, 0.3) is 21.5 Å². The molecule has 1 fully saturated rings. The zero-order valence-corrected chi connectivity index (χ0v) is 34.6. The number of benzene rings is 8. The monoisotopic (exact) mass is 814 g/mol. The van der Waals surface area contributed by atoms with E-state index in [1.54, 1.807) is 4.90 Å². The predicted octanol–water partition coefficient (Wildman–Crippen LogP) is 10.9. The number of carbonyl (C=O) groups excluding carboxylic acids is 2. The number of primary amides is 1. The maximum atomic E-state index is 17.0. The van der Waals surface area contributed by atoms with Gasteiger partial charge in [0.15, 0.2) is 0 Å². The van der Waals surface area contributed by atoms with Gasteiger partial charge in [-0.2, -0.15) is 0 Å². The summed E-state index contributed by atoms with van der Waals surface area (Å²) in [5.74, 6) is -1.26. The standard InChI is InChI=1S/C56H50N2O4/c57-52(59)54(38-18-5-19-39-54)53(60)58(50(48-36-20-24-40-22-14-16-34-46(40)48)55(61,42-26-6-1-7-27-42)43-28-8-2-9-29-43)51(49-37-21-25-41-23-15-17-35-47(41)49)56(62,44-30-10-3-11-31-44)45-32-12-4-13-33-45/h1-4,6-17,20-37,50-51,61-62H,5,18-19,38-39H2,(H2,57,59)/t50-,51-/m0/s1. The summed E-state index contributed by atoms with van der Waals surface area (Å²) in [5.41, 5.74) is 4.28. The average molecular weight is 815 g/mol. The van der Waals surface area contributed by atoms with Crippen LogP contribution in [0.3, 0.4) is 0 Å². The Hall–Kier alpha value is -6.86. The third-order valence-electron chi connectivity index (χ3n) is 13.3. The summed E-state index contributed by atoms with van der Waals surface area (Å²) in [6, 6.07) is 62.9. The quantitative estimate of drug-likeness (QED) is 0.107. The van der Waals surface area contributed by atoms with Gasteiger partial charge in [-0.3, -0.25) is 9.59 Å². The Balaban J connectivity index is 1.52. The normalized spacial score (nSPS) is 15.1. The molecule has 0 bridgehead atoms. The molecule has 0 unspecified atom stereocenters. The fraction of sp³-hybridized carbons (Fsp3) is 0.179. The molecule has 8 aromatic rings. The summed E-state index contributed by atoms with van der Waals surface area (Å²) in [6.45, 7) is 0. The highest BCUT2D eigenvalue weighted by Gasteiger charge is 2.59. The van der Waals surface area contributed by atoms with Gasteiger partial charge >= 0.3 is 0 Å². The lowest BCUT2D eigenvalue weighted by atomic mass is 9.67. The van der Waals surface area contributed by atoms with Gasteiger partial charge in [0.25, 0.3) is 0 Å². The van der Waals surface area contributed by atoms with Crippen molar-refractivity contribution in [1.82, 2.24) is 4.90 Å². The van der Waals surface area contributed by atoms with Crippen molar-refractivity contribution in [2.45, 2.75) is 55.4 Å². The maximum Gasteiger partial charge on any atom is 0.239 e. The van der Waals surface area contributed by atoms with Crippen LogP contribution in [0.5, 0.6) is 0 Å². The van der Waals surface area contributed by atoms with Crippen LogP contribution in [0, 0.1) is 5.41 Å². The van der Waals surface area contributed by atoms with E-state index in [-0.39, 0.29) is 12.8 Å². The molecule has 62 heavy (non-hydrogen) atoms. The van der Waals surface area contributed by atoms with Gasteiger partial charge in [-0.15, -0.1) is 0 Å². The van der Waals surface area contributed by atoms with Crippen molar-refractivity contribution in [2.24, 2.45) is 11.1 Å². The molecule has 2 amide bonds. The molecule has 9 rings (SSSR count). The molecule has 1 saturated carbocycles. The van der Waals surface area contributed by atoms with Crippen LogP contribution in [-0.2, 0) is 20.8 Å². The minimum absolute atomic E-state index is 0.229. The predicted molar refractivity (Wildman–Crippen MR) is 247 cm³/mol. The Morgan fingerprint density at radius 1 is 0.452 bits per heavy atom.